The van der Waals surface area contributed by atoms with Gasteiger partial charge in [0.1, 0.15) is 0 Å². The molecule has 0 aromatic rings. The van der Waals surface area contributed by atoms with E-state index in [9.17, 15) is 0 Å². The SMILES string of the molecule is CC1CC(N)(CCO)CCO1. The Hall–Kier alpha value is -0.120. The van der Waals surface area contributed by atoms with E-state index in [0.717, 1.165) is 19.4 Å². The van der Waals surface area contributed by atoms with Gasteiger partial charge in [0.15, 0.2) is 0 Å². The van der Waals surface area contributed by atoms with Crippen molar-refractivity contribution in [1.82, 2.24) is 0 Å². The molecule has 0 aromatic carbocycles. The van der Waals surface area contributed by atoms with Crippen LogP contribution in [0.1, 0.15) is 26.2 Å². The number of hydrogen-bond donors (Lipinski definition) is 2. The Labute approximate surface area is 67.5 Å². The number of nitrogens with two attached hydrogens (primary N) is 1. The van der Waals surface area contributed by atoms with Crippen LogP contribution >= 0.6 is 0 Å². The van der Waals surface area contributed by atoms with Crippen LogP contribution in [0.2, 0.25) is 0 Å². The van der Waals surface area contributed by atoms with Crippen LogP contribution in [-0.2, 0) is 4.74 Å². The molecule has 11 heavy (non-hydrogen) atoms. The van der Waals surface area contributed by atoms with Crippen molar-refractivity contribution in [2.24, 2.45) is 5.73 Å². The van der Waals surface area contributed by atoms with Crippen molar-refractivity contribution in [2.45, 2.75) is 37.8 Å². The van der Waals surface area contributed by atoms with Crippen LogP contribution in [0, 0.1) is 0 Å². The largest absolute Gasteiger partial charge is 0.396 e. The molecule has 2 atom stereocenters. The van der Waals surface area contributed by atoms with Crippen molar-refractivity contribution in [3.63, 3.8) is 0 Å². The van der Waals surface area contributed by atoms with Crippen LogP contribution in [0.5, 0.6) is 0 Å². The zero-order chi connectivity index (χ0) is 8.32. The van der Waals surface area contributed by atoms with Crippen molar-refractivity contribution in [3.05, 3.63) is 0 Å². The summed E-state index contributed by atoms with van der Waals surface area (Å²) in [7, 11) is 0. The second-order valence-electron chi connectivity index (χ2n) is 3.47. The molecule has 1 aliphatic heterocycles. The molecule has 0 radical (unpaired) electrons. The van der Waals surface area contributed by atoms with Gasteiger partial charge in [0.25, 0.3) is 0 Å². The maximum Gasteiger partial charge on any atom is 0.0564 e. The summed E-state index contributed by atoms with van der Waals surface area (Å²) in [5.41, 5.74) is 5.85. The highest BCUT2D eigenvalue weighted by molar-refractivity contribution is 4.88. The second-order valence-corrected chi connectivity index (χ2v) is 3.47. The van der Waals surface area contributed by atoms with Crippen molar-refractivity contribution < 1.29 is 9.84 Å². The monoisotopic (exact) mass is 159 g/mol. The molecular weight excluding hydrogens is 142 g/mol. The molecule has 1 saturated heterocycles. The summed E-state index contributed by atoms with van der Waals surface area (Å²) in [5, 5.41) is 8.75. The lowest BCUT2D eigenvalue weighted by Crippen LogP contribution is -2.48. The fraction of sp³-hybridized carbons (Fsp3) is 1.00. The quantitative estimate of drug-likeness (QED) is 0.608. The summed E-state index contributed by atoms with van der Waals surface area (Å²) < 4.78 is 5.36. The van der Waals surface area contributed by atoms with Crippen LogP contribution in [-0.4, -0.2) is 30.0 Å². The molecule has 3 nitrogen and oxygen atoms in total. The maximum absolute atomic E-state index is 8.75. The molecule has 1 rings (SSSR count). The van der Waals surface area contributed by atoms with Crippen LogP contribution in [0.3, 0.4) is 0 Å². The van der Waals surface area contributed by atoms with E-state index in [2.05, 4.69) is 0 Å². The molecule has 3 N–H and O–H groups in total. The lowest BCUT2D eigenvalue weighted by Gasteiger charge is -2.36. The van der Waals surface area contributed by atoms with Gasteiger partial charge in [0.2, 0.25) is 0 Å². The molecule has 0 saturated carbocycles. The van der Waals surface area contributed by atoms with E-state index in [4.69, 9.17) is 15.6 Å². The molecule has 2 unspecified atom stereocenters. The van der Waals surface area contributed by atoms with Crippen molar-refractivity contribution in [3.8, 4) is 0 Å². The van der Waals surface area contributed by atoms with Gasteiger partial charge in [-0.2, -0.15) is 0 Å². The molecule has 0 bridgehead atoms. The van der Waals surface area contributed by atoms with E-state index >= 15 is 0 Å². The zero-order valence-corrected chi connectivity index (χ0v) is 7.05. The maximum atomic E-state index is 8.75. The topological polar surface area (TPSA) is 55.5 Å². The predicted octanol–water partition coefficient (Wildman–Crippen LogP) is 0.265. The number of aliphatic hydroxyl groups is 1. The summed E-state index contributed by atoms with van der Waals surface area (Å²) in [4.78, 5) is 0. The lowest BCUT2D eigenvalue weighted by molar-refractivity contribution is -0.0133. The first-order chi connectivity index (χ1) is 5.16. The van der Waals surface area contributed by atoms with Crippen molar-refractivity contribution >= 4 is 0 Å². The summed E-state index contributed by atoms with van der Waals surface area (Å²) in [5.74, 6) is 0. The third-order valence-corrected chi connectivity index (χ3v) is 2.31. The highest BCUT2D eigenvalue weighted by Gasteiger charge is 2.30. The Balaban J connectivity index is 2.41. The van der Waals surface area contributed by atoms with Gasteiger partial charge in [0, 0.05) is 18.8 Å². The molecule has 1 heterocycles. The van der Waals surface area contributed by atoms with E-state index in [1.165, 1.54) is 0 Å². The normalized spacial score (nSPS) is 39.0. The first-order valence-electron chi connectivity index (χ1n) is 4.18. The average molecular weight is 159 g/mol. The average Bonchev–Trinajstić information content (AvgIpc) is 1.86. The molecule has 1 fully saturated rings. The Kier molecular flexibility index (Phi) is 2.87. The molecular formula is C8H17NO2. The molecule has 1 aliphatic rings. The van der Waals surface area contributed by atoms with Gasteiger partial charge >= 0.3 is 0 Å². The number of ether oxygens (including phenoxy) is 1. The fourth-order valence-corrected chi connectivity index (χ4v) is 1.65. The van der Waals surface area contributed by atoms with E-state index < -0.39 is 0 Å². The molecule has 0 amide bonds. The second kappa shape index (κ2) is 3.52. The van der Waals surface area contributed by atoms with Gasteiger partial charge < -0.3 is 15.6 Å². The molecule has 0 aromatic heterocycles. The van der Waals surface area contributed by atoms with Gasteiger partial charge in [-0.3, -0.25) is 0 Å². The minimum Gasteiger partial charge on any atom is -0.396 e. The first-order valence-corrected chi connectivity index (χ1v) is 4.18. The van der Waals surface area contributed by atoms with Gasteiger partial charge in [-0.25, -0.2) is 0 Å². The lowest BCUT2D eigenvalue weighted by atomic mass is 9.85. The molecule has 3 heteroatoms. The van der Waals surface area contributed by atoms with Crippen molar-refractivity contribution in [2.75, 3.05) is 13.2 Å². The van der Waals surface area contributed by atoms with Crippen LogP contribution in [0.25, 0.3) is 0 Å². The molecule has 0 aliphatic carbocycles. The minimum atomic E-state index is -0.174. The predicted molar refractivity (Wildman–Crippen MR) is 43.3 cm³/mol. The number of hydrogen-bond acceptors (Lipinski definition) is 3. The fourth-order valence-electron chi connectivity index (χ4n) is 1.65. The Morgan fingerprint density at radius 1 is 1.73 bits per heavy atom. The van der Waals surface area contributed by atoms with Gasteiger partial charge in [-0.1, -0.05) is 0 Å². The van der Waals surface area contributed by atoms with Gasteiger partial charge in [-0.05, 0) is 26.2 Å². The van der Waals surface area contributed by atoms with E-state index in [1.54, 1.807) is 0 Å². The van der Waals surface area contributed by atoms with Crippen molar-refractivity contribution in [1.29, 1.82) is 0 Å². The van der Waals surface area contributed by atoms with Crippen LogP contribution in [0.15, 0.2) is 0 Å². The third kappa shape index (κ3) is 2.43. The van der Waals surface area contributed by atoms with Crippen LogP contribution in [0.4, 0.5) is 0 Å². The smallest absolute Gasteiger partial charge is 0.0564 e. The van der Waals surface area contributed by atoms with E-state index in [-0.39, 0.29) is 18.2 Å². The Bertz CT molecular complexity index is 125. The van der Waals surface area contributed by atoms with E-state index in [0.29, 0.717) is 6.42 Å². The number of aliphatic hydroxyl groups excluding tert-OH is 1. The summed E-state index contributed by atoms with van der Waals surface area (Å²) >= 11 is 0. The molecule has 0 spiro atoms. The summed E-state index contributed by atoms with van der Waals surface area (Å²) in [6, 6.07) is 0. The van der Waals surface area contributed by atoms with E-state index in [1.807, 2.05) is 6.92 Å². The summed E-state index contributed by atoms with van der Waals surface area (Å²) in [6.45, 7) is 2.94. The minimum absolute atomic E-state index is 0.174. The summed E-state index contributed by atoms with van der Waals surface area (Å²) in [6.07, 6.45) is 2.69. The third-order valence-electron chi connectivity index (χ3n) is 2.31. The zero-order valence-electron chi connectivity index (χ0n) is 7.05. The highest BCUT2D eigenvalue weighted by Crippen LogP contribution is 2.24. The first kappa shape index (κ1) is 8.97. The standard InChI is InChI=1S/C8H17NO2/c1-7-6-8(9,2-4-10)3-5-11-7/h7,10H,2-6,9H2,1H3. The number of rotatable bonds is 2. The van der Waals surface area contributed by atoms with Crippen LogP contribution < -0.4 is 5.73 Å². The van der Waals surface area contributed by atoms with Gasteiger partial charge in [0.05, 0.1) is 6.10 Å². The highest BCUT2D eigenvalue weighted by atomic mass is 16.5. The molecule has 66 valence electrons. The Morgan fingerprint density at radius 3 is 3.00 bits per heavy atom. The van der Waals surface area contributed by atoms with Gasteiger partial charge in [-0.15, -0.1) is 0 Å². The Morgan fingerprint density at radius 2 is 2.45 bits per heavy atom.